The Morgan fingerprint density at radius 3 is 2.40 bits per heavy atom. The van der Waals surface area contributed by atoms with Crippen molar-refractivity contribution in [1.82, 2.24) is 10.2 Å². The second kappa shape index (κ2) is 4.84. The summed E-state index contributed by atoms with van der Waals surface area (Å²) < 4.78 is 0. The van der Waals surface area contributed by atoms with E-state index in [2.05, 4.69) is 43.2 Å². The van der Waals surface area contributed by atoms with Crippen molar-refractivity contribution in [2.45, 2.75) is 44.7 Å². The quantitative estimate of drug-likeness (QED) is 0.535. The van der Waals surface area contributed by atoms with Crippen LogP contribution in [-0.2, 0) is 0 Å². The van der Waals surface area contributed by atoms with Crippen LogP contribution < -0.4 is 11.1 Å². The van der Waals surface area contributed by atoms with Crippen molar-refractivity contribution in [3.8, 4) is 0 Å². The summed E-state index contributed by atoms with van der Waals surface area (Å²) in [6, 6.07) is 0.352. The van der Waals surface area contributed by atoms with E-state index >= 15 is 0 Å². The molecule has 1 fully saturated rings. The Hall–Kier alpha value is -0.770. The highest BCUT2D eigenvalue weighted by Crippen LogP contribution is 2.36. The van der Waals surface area contributed by atoms with Crippen LogP contribution in [0.25, 0.3) is 0 Å². The van der Waals surface area contributed by atoms with Crippen molar-refractivity contribution in [2.75, 3.05) is 20.6 Å². The third kappa shape index (κ3) is 3.09. The zero-order valence-electron chi connectivity index (χ0n) is 10.4. The summed E-state index contributed by atoms with van der Waals surface area (Å²) in [4.78, 5) is 6.70. The predicted octanol–water partition coefficient (Wildman–Crippen LogP) is 0.783. The standard InChI is InChI=1S/C11H24N4/c1-9(2)14-10(12)13-8-11(15(3)4)6-5-7-11/h9H,5-8H2,1-4H3,(H3,12,13,14). The number of hydrogen-bond donors (Lipinski definition) is 2. The molecular formula is C11H24N4. The number of aliphatic imine (C=N–C) groups is 1. The van der Waals surface area contributed by atoms with Gasteiger partial charge in [-0.3, -0.25) is 4.99 Å². The van der Waals surface area contributed by atoms with Crippen LogP contribution in [0.2, 0.25) is 0 Å². The zero-order valence-corrected chi connectivity index (χ0v) is 10.4. The second-order valence-corrected chi connectivity index (χ2v) is 4.97. The molecule has 4 heteroatoms. The molecule has 0 spiro atoms. The van der Waals surface area contributed by atoms with Gasteiger partial charge in [0.15, 0.2) is 5.96 Å². The van der Waals surface area contributed by atoms with Crippen LogP contribution in [0, 0.1) is 0 Å². The molecule has 0 bridgehead atoms. The topological polar surface area (TPSA) is 53.6 Å². The molecular weight excluding hydrogens is 188 g/mol. The fourth-order valence-corrected chi connectivity index (χ4v) is 1.91. The number of rotatable bonds is 4. The number of likely N-dealkylation sites (N-methyl/N-ethyl adjacent to an activating group) is 1. The lowest BCUT2D eigenvalue weighted by atomic mass is 9.76. The molecule has 0 atom stereocenters. The van der Waals surface area contributed by atoms with Crippen LogP contribution in [0.5, 0.6) is 0 Å². The Labute approximate surface area is 92.9 Å². The van der Waals surface area contributed by atoms with E-state index in [1.807, 2.05) is 0 Å². The van der Waals surface area contributed by atoms with Crippen LogP contribution in [0.15, 0.2) is 4.99 Å². The highest BCUT2D eigenvalue weighted by atomic mass is 15.2. The zero-order chi connectivity index (χ0) is 11.5. The summed E-state index contributed by atoms with van der Waals surface area (Å²) in [5.41, 5.74) is 6.05. The maximum Gasteiger partial charge on any atom is 0.188 e. The van der Waals surface area contributed by atoms with E-state index in [1.54, 1.807) is 0 Å². The van der Waals surface area contributed by atoms with Crippen LogP contribution in [-0.4, -0.2) is 43.1 Å². The van der Waals surface area contributed by atoms with E-state index < -0.39 is 0 Å². The molecule has 0 amide bonds. The number of nitrogens with two attached hydrogens (primary N) is 1. The molecule has 1 aliphatic carbocycles. The molecule has 1 aliphatic rings. The number of nitrogens with zero attached hydrogens (tertiary/aromatic N) is 2. The highest BCUT2D eigenvalue weighted by molar-refractivity contribution is 5.78. The van der Waals surface area contributed by atoms with Gasteiger partial charge in [-0.25, -0.2) is 0 Å². The molecule has 15 heavy (non-hydrogen) atoms. The Morgan fingerprint density at radius 2 is 2.07 bits per heavy atom. The fraction of sp³-hybridized carbons (Fsp3) is 0.909. The van der Waals surface area contributed by atoms with E-state index in [4.69, 9.17) is 5.73 Å². The SMILES string of the molecule is CC(C)NC(N)=NCC1(N(C)C)CCC1. The summed E-state index contributed by atoms with van der Waals surface area (Å²) in [5.74, 6) is 0.568. The van der Waals surface area contributed by atoms with E-state index in [0.717, 1.165) is 6.54 Å². The average Bonchev–Trinajstić information content (AvgIpc) is 1.99. The summed E-state index contributed by atoms with van der Waals surface area (Å²) in [5, 5.41) is 3.11. The molecule has 0 radical (unpaired) electrons. The number of guanidine groups is 1. The molecule has 0 heterocycles. The van der Waals surface area contributed by atoms with Gasteiger partial charge in [-0.15, -0.1) is 0 Å². The molecule has 0 unspecified atom stereocenters. The van der Waals surface area contributed by atoms with Crippen LogP contribution >= 0.6 is 0 Å². The van der Waals surface area contributed by atoms with E-state index in [-0.39, 0.29) is 5.54 Å². The monoisotopic (exact) mass is 212 g/mol. The molecule has 0 aromatic carbocycles. The first-order valence-electron chi connectivity index (χ1n) is 5.70. The van der Waals surface area contributed by atoms with Gasteiger partial charge in [0, 0.05) is 11.6 Å². The lowest BCUT2D eigenvalue weighted by molar-refractivity contribution is 0.0699. The molecule has 88 valence electrons. The second-order valence-electron chi connectivity index (χ2n) is 4.97. The van der Waals surface area contributed by atoms with E-state index in [1.165, 1.54) is 19.3 Å². The highest BCUT2D eigenvalue weighted by Gasteiger charge is 2.38. The van der Waals surface area contributed by atoms with Gasteiger partial charge in [-0.1, -0.05) is 0 Å². The summed E-state index contributed by atoms with van der Waals surface area (Å²) in [6.07, 6.45) is 3.78. The van der Waals surface area contributed by atoms with Crippen LogP contribution in [0.4, 0.5) is 0 Å². The van der Waals surface area contributed by atoms with Crippen LogP contribution in [0.1, 0.15) is 33.1 Å². The molecule has 4 nitrogen and oxygen atoms in total. The van der Waals surface area contributed by atoms with Gasteiger partial charge < -0.3 is 16.0 Å². The lowest BCUT2D eigenvalue weighted by Crippen LogP contribution is -2.53. The summed E-state index contributed by atoms with van der Waals surface area (Å²) in [7, 11) is 4.25. The van der Waals surface area contributed by atoms with Gasteiger partial charge in [0.25, 0.3) is 0 Å². The summed E-state index contributed by atoms with van der Waals surface area (Å²) >= 11 is 0. The minimum atomic E-state index is 0.267. The van der Waals surface area contributed by atoms with Gasteiger partial charge in [-0.05, 0) is 47.2 Å². The van der Waals surface area contributed by atoms with Gasteiger partial charge >= 0.3 is 0 Å². The van der Waals surface area contributed by atoms with E-state index in [9.17, 15) is 0 Å². The molecule has 1 saturated carbocycles. The van der Waals surface area contributed by atoms with Crippen molar-refractivity contribution in [2.24, 2.45) is 10.7 Å². The van der Waals surface area contributed by atoms with E-state index in [0.29, 0.717) is 12.0 Å². The first-order chi connectivity index (χ1) is 6.96. The van der Waals surface area contributed by atoms with Gasteiger partial charge in [0.05, 0.1) is 6.54 Å². The fourth-order valence-electron chi connectivity index (χ4n) is 1.91. The molecule has 3 N–H and O–H groups in total. The van der Waals surface area contributed by atoms with Crippen molar-refractivity contribution in [3.63, 3.8) is 0 Å². The minimum Gasteiger partial charge on any atom is -0.370 e. The Morgan fingerprint density at radius 1 is 1.47 bits per heavy atom. The summed E-state index contributed by atoms with van der Waals surface area (Å²) in [6.45, 7) is 4.94. The molecule has 1 rings (SSSR count). The first kappa shape index (κ1) is 12.3. The Bertz CT molecular complexity index is 229. The predicted molar refractivity (Wildman–Crippen MR) is 65.0 cm³/mol. The average molecular weight is 212 g/mol. The smallest absolute Gasteiger partial charge is 0.188 e. The third-order valence-electron chi connectivity index (χ3n) is 3.21. The maximum absolute atomic E-state index is 5.78. The minimum absolute atomic E-state index is 0.267. The molecule has 0 aliphatic heterocycles. The number of hydrogen-bond acceptors (Lipinski definition) is 2. The molecule has 0 aromatic heterocycles. The van der Waals surface area contributed by atoms with Gasteiger partial charge in [0.1, 0.15) is 0 Å². The number of nitrogens with one attached hydrogen (secondary N) is 1. The molecule has 0 saturated heterocycles. The van der Waals surface area contributed by atoms with Crippen molar-refractivity contribution in [1.29, 1.82) is 0 Å². The maximum atomic E-state index is 5.78. The lowest BCUT2D eigenvalue weighted by Gasteiger charge is -2.46. The first-order valence-corrected chi connectivity index (χ1v) is 5.70. The van der Waals surface area contributed by atoms with Crippen molar-refractivity contribution >= 4 is 5.96 Å². The molecule has 0 aromatic rings. The van der Waals surface area contributed by atoms with Gasteiger partial charge in [-0.2, -0.15) is 0 Å². The van der Waals surface area contributed by atoms with Crippen molar-refractivity contribution < 1.29 is 0 Å². The third-order valence-corrected chi connectivity index (χ3v) is 3.21. The van der Waals surface area contributed by atoms with Crippen molar-refractivity contribution in [3.05, 3.63) is 0 Å². The Balaban J connectivity index is 2.46. The largest absolute Gasteiger partial charge is 0.370 e. The van der Waals surface area contributed by atoms with Gasteiger partial charge in [0.2, 0.25) is 0 Å². The Kier molecular flexibility index (Phi) is 3.97. The normalized spacial score (nSPS) is 20.5. The van der Waals surface area contributed by atoms with Crippen LogP contribution in [0.3, 0.4) is 0 Å².